The first kappa shape index (κ1) is 25.4. The Morgan fingerprint density at radius 1 is 1.00 bits per heavy atom. The first-order chi connectivity index (χ1) is 17.6. The third-order valence-corrected chi connectivity index (χ3v) is 7.97. The van der Waals surface area contributed by atoms with E-state index < -0.39 is 12.5 Å². The zero-order chi connectivity index (χ0) is 26.2. The predicted molar refractivity (Wildman–Crippen MR) is 126 cm³/mol. The SMILES string of the molecule is O=C1N[C@H]2CC[C@H](C(=O)N3C[C@H]4CCN(C(=O)/C=C/c5ccc(OC(F)(F)F)cc5)CC[C@H]4C3)C[C@@H]2O1. The Bertz CT molecular complexity index is 1040. The summed E-state index contributed by atoms with van der Waals surface area (Å²) in [5.41, 5.74) is 0.598. The summed E-state index contributed by atoms with van der Waals surface area (Å²) in [5.74, 6) is 0.267. The number of alkyl carbamates (subject to hydrolysis) is 1. The third kappa shape index (κ3) is 6.02. The summed E-state index contributed by atoms with van der Waals surface area (Å²) in [5, 5.41) is 2.81. The van der Waals surface area contributed by atoms with E-state index >= 15 is 0 Å². The monoisotopic (exact) mass is 521 g/mol. The lowest BCUT2D eigenvalue weighted by molar-refractivity contribution is -0.274. The van der Waals surface area contributed by atoms with Gasteiger partial charge in [0.25, 0.3) is 0 Å². The van der Waals surface area contributed by atoms with E-state index in [2.05, 4.69) is 10.1 Å². The molecule has 3 saturated heterocycles. The molecule has 5 rings (SSSR count). The number of hydrogen-bond acceptors (Lipinski definition) is 5. The van der Waals surface area contributed by atoms with E-state index in [4.69, 9.17) is 4.74 Å². The second kappa shape index (κ2) is 10.3. The molecule has 11 heteroatoms. The average molecular weight is 522 g/mol. The van der Waals surface area contributed by atoms with Gasteiger partial charge in [-0.05, 0) is 67.7 Å². The summed E-state index contributed by atoms with van der Waals surface area (Å²) in [6, 6.07) is 5.36. The van der Waals surface area contributed by atoms with Crippen LogP contribution in [0.4, 0.5) is 18.0 Å². The van der Waals surface area contributed by atoms with Crippen LogP contribution in [-0.2, 0) is 14.3 Å². The highest BCUT2D eigenvalue weighted by molar-refractivity contribution is 5.91. The molecule has 37 heavy (non-hydrogen) atoms. The van der Waals surface area contributed by atoms with Crippen molar-refractivity contribution in [2.24, 2.45) is 17.8 Å². The largest absolute Gasteiger partial charge is 0.573 e. The van der Waals surface area contributed by atoms with Crippen LogP contribution in [-0.4, -0.2) is 72.4 Å². The molecule has 4 fully saturated rings. The van der Waals surface area contributed by atoms with Crippen LogP contribution in [0.1, 0.15) is 37.7 Å². The Labute approximate surface area is 212 Å². The molecule has 1 N–H and O–H groups in total. The maximum Gasteiger partial charge on any atom is 0.573 e. The lowest BCUT2D eigenvalue weighted by atomic mass is 9.83. The van der Waals surface area contributed by atoms with E-state index in [1.54, 1.807) is 11.0 Å². The molecular weight excluding hydrogens is 491 g/mol. The fraction of sp³-hybridized carbons (Fsp3) is 0.577. The molecule has 0 radical (unpaired) electrons. The van der Waals surface area contributed by atoms with Crippen LogP contribution in [0, 0.1) is 17.8 Å². The molecule has 200 valence electrons. The summed E-state index contributed by atoms with van der Waals surface area (Å²) < 4.78 is 46.1. The number of ether oxygens (including phenoxy) is 2. The highest BCUT2D eigenvalue weighted by Gasteiger charge is 2.44. The maximum atomic E-state index is 13.2. The van der Waals surface area contributed by atoms with E-state index in [-0.39, 0.29) is 35.6 Å². The molecule has 0 aromatic heterocycles. The minimum absolute atomic E-state index is 0.0153. The maximum absolute atomic E-state index is 13.2. The van der Waals surface area contributed by atoms with Gasteiger partial charge in [0.15, 0.2) is 0 Å². The van der Waals surface area contributed by atoms with Crippen molar-refractivity contribution in [2.45, 2.75) is 50.6 Å². The van der Waals surface area contributed by atoms with Gasteiger partial charge in [-0.3, -0.25) is 9.59 Å². The topological polar surface area (TPSA) is 88.2 Å². The van der Waals surface area contributed by atoms with Gasteiger partial charge in [-0.1, -0.05) is 12.1 Å². The number of alkyl halides is 3. The third-order valence-electron chi connectivity index (χ3n) is 7.97. The Morgan fingerprint density at radius 3 is 2.32 bits per heavy atom. The lowest BCUT2D eigenvalue weighted by Crippen LogP contribution is -2.43. The molecule has 0 bridgehead atoms. The summed E-state index contributed by atoms with van der Waals surface area (Å²) in [6.07, 6.45) is 1.37. The number of halogens is 3. The highest BCUT2D eigenvalue weighted by atomic mass is 19.4. The molecule has 1 saturated carbocycles. The second-order valence-corrected chi connectivity index (χ2v) is 10.3. The van der Waals surface area contributed by atoms with E-state index in [0.717, 1.165) is 25.7 Å². The number of carbonyl (C=O) groups is 3. The summed E-state index contributed by atoms with van der Waals surface area (Å²) in [4.78, 5) is 41.2. The molecular formula is C26H30F3N3O5. The number of benzene rings is 1. The zero-order valence-electron chi connectivity index (χ0n) is 20.3. The number of fused-ring (bicyclic) bond motifs is 2. The van der Waals surface area contributed by atoms with Gasteiger partial charge in [0, 0.05) is 38.2 Å². The fourth-order valence-electron chi connectivity index (χ4n) is 6.03. The lowest BCUT2D eigenvalue weighted by Gasteiger charge is -2.31. The van der Waals surface area contributed by atoms with Crippen molar-refractivity contribution in [3.05, 3.63) is 35.9 Å². The van der Waals surface area contributed by atoms with Crippen molar-refractivity contribution in [3.63, 3.8) is 0 Å². The van der Waals surface area contributed by atoms with Crippen molar-refractivity contribution < 1.29 is 37.0 Å². The highest BCUT2D eigenvalue weighted by Crippen LogP contribution is 2.36. The van der Waals surface area contributed by atoms with Crippen LogP contribution in [0.15, 0.2) is 30.3 Å². The Morgan fingerprint density at radius 2 is 1.68 bits per heavy atom. The van der Waals surface area contributed by atoms with E-state index in [9.17, 15) is 27.6 Å². The molecule has 1 aromatic rings. The number of rotatable bonds is 4. The zero-order valence-corrected chi connectivity index (χ0v) is 20.3. The molecule has 5 atom stereocenters. The standard InChI is InChI=1S/C26H30F3N3O5/c27-26(28,29)37-20-5-1-16(2-6-20)3-8-23(33)31-11-9-18-14-32(15-19(18)10-12-31)24(34)17-4-7-21-22(13-17)36-25(35)30-21/h1-3,5-6,8,17-19,21-22H,4,7,9-15H2,(H,30,35)/b8-3+/t17-,18-,19+,21-,22-/m0/s1. The molecule has 0 spiro atoms. The van der Waals surface area contributed by atoms with Crippen molar-refractivity contribution >= 4 is 24.0 Å². The number of nitrogens with one attached hydrogen (secondary N) is 1. The molecule has 8 nitrogen and oxygen atoms in total. The van der Waals surface area contributed by atoms with Gasteiger partial charge in [-0.2, -0.15) is 0 Å². The van der Waals surface area contributed by atoms with E-state index in [0.29, 0.717) is 50.0 Å². The number of nitrogens with zero attached hydrogens (tertiary/aromatic N) is 2. The summed E-state index contributed by atoms with van der Waals surface area (Å²) in [7, 11) is 0. The molecule has 0 unspecified atom stereocenters. The van der Waals surface area contributed by atoms with Gasteiger partial charge in [0.05, 0.1) is 6.04 Å². The molecule has 3 heterocycles. The van der Waals surface area contributed by atoms with E-state index in [1.165, 1.54) is 30.3 Å². The van der Waals surface area contributed by atoms with Gasteiger partial charge in [-0.15, -0.1) is 13.2 Å². The molecule has 1 aromatic carbocycles. The second-order valence-electron chi connectivity index (χ2n) is 10.3. The number of amides is 3. The van der Waals surface area contributed by atoms with Crippen molar-refractivity contribution in [3.8, 4) is 5.75 Å². The Hall–Kier alpha value is -3.24. The first-order valence-electron chi connectivity index (χ1n) is 12.7. The fourth-order valence-corrected chi connectivity index (χ4v) is 6.03. The molecule has 4 aliphatic rings. The number of likely N-dealkylation sites (tertiary alicyclic amines) is 2. The van der Waals surface area contributed by atoms with Crippen LogP contribution in [0.2, 0.25) is 0 Å². The quantitative estimate of drug-likeness (QED) is 0.613. The van der Waals surface area contributed by atoms with Crippen LogP contribution in [0.25, 0.3) is 6.08 Å². The van der Waals surface area contributed by atoms with E-state index in [1.807, 2.05) is 4.90 Å². The van der Waals surface area contributed by atoms with Gasteiger partial charge in [0.1, 0.15) is 11.9 Å². The minimum Gasteiger partial charge on any atom is -0.444 e. The van der Waals surface area contributed by atoms with Crippen LogP contribution >= 0.6 is 0 Å². The van der Waals surface area contributed by atoms with Gasteiger partial charge < -0.3 is 24.6 Å². The van der Waals surface area contributed by atoms with Crippen molar-refractivity contribution in [1.29, 1.82) is 0 Å². The van der Waals surface area contributed by atoms with Gasteiger partial charge in [0.2, 0.25) is 11.8 Å². The number of hydrogen-bond donors (Lipinski definition) is 1. The molecule has 3 amide bonds. The van der Waals surface area contributed by atoms with Crippen LogP contribution in [0.3, 0.4) is 0 Å². The van der Waals surface area contributed by atoms with Crippen LogP contribution in [0.5, 0.6) is 5.75 Å². The van der Waals surface area contributed by atoms with Gasteiger partial charge >= 0.3 is 12.5 Å². The molecule has 1 aliphatic carbocycles. The number of carbonyl (C=O) groups excluding carboxylic acids is 3. The summed E-state index contributed by atoms with van der Waals surface area (Å²) in [6.45, 7) is 2.58. The Balaban J connectivity index is 1.10. The normalized spacial score (nSPS) is 29.8. The average Bonchev–Trinajstić information content (AvgIpc) is 3.37. The van der Waals surface area contributed by atoms with Gasteiger partial charge in [-0.25, -0.2) is 4.79 Å². The van der Waals surface area contributed by atoms with Crippen molar-refractivity contribution in [1.82, 2.24) is 15.1 Å². The van der Waals surface area contributed by atoms with Crippen molar-refractivity contribution in [2.75, 3.05) is 26.2 Å². The molecule has 3 aliphatic heterocycles. The Kier molecular flexibility index (Phi) is 7.04. The smallest absolute Gasteiger partial charge is 0.444 e. The van der Waals surface area contributed by atoms with Crippen LogP contribution < -0.4 is 10.1 Å². The summed E-state index contributed by atoms with van der Waals surface area (Å²) >= 11 is 0. The first-order valence-corrected chi connectivity index (χ1v) is 12.7. The predicted octanol–water partition coefficient (Wildman–Crippen LogP) is 3.57. The minimum atomic E-state index is -4.74.